The topological polar surface area (TPSA) is 64.5 Å². The fraction of sp³-hybridized carbons (Fsp3) is 0.393. The Bertz CT molecular complexity index is 1300. The number of para-hydroxylation sites is 1. The number of fused-ring (bicyclic) bond motifs is 2. The first-order chi connectivity index (χ1) is 16.5. The fourth-order valence-electron chi connectivity index (χ4n) is 5.35. The Labute approximate surface area is 200 Å². The van der Waals surface area contributed by atoms with E-state index in [0.717, 1.165) is 68.3 Å². The zero-order valence-corrected chi connectivity index (χ0v) is 20.1. The molecular weight excluding hydrogens is 424 g/mol. The standard InChI is InChI=1S/C28H34N4O2/c1-3-4-7-23(16-21-19-29-25-9-6-5-8-24(21)25)32-26-18-22(31-14-12-30(2)13-15-31)11-10-20(26)17-27(32)28(33)34/h5-6,8-11,17-19,23,29H,3-4,7,12-16H2,1-2H3,(H,33,34). The summed E-state index contributed by atoms with van der Waals surface area (Å²) in [5.41, 5.74) is 4.95. The molecule has 1 saturated heterocycles. The number of unbranched alkanes of at least 4 members (excludes halogenated alkanes) is 1. The Balaban J connectivity index is 1.58. The molecular formula is C28H34N4O2. The number of rotatable bonds is 8. The predicted molar refractivity (Wildman–Crippen MR) is 139 cm³/mol. The number of piperazine rings is 1. The summed E-state index contributed by atoms with van der Waals surface area (Å²) in [7, 11) is 2.16. The van der Waals surface area contributed by atoms with Crippen LogP contribution in [0.15, 0.2) is 54.7 Å². The predicted octanol–water partition coefficient (Wildman–Crippen LogP) is 5.55. The summed E-state index contributed by atoms with van der Waals surface area (Å²) >= 11 is 0. The first kappa shape index (κ1) is 22.5. The molecule has 0 bridgehead atoms. The number of nitrogens with zero attached hydrogens (tertiary/aromatic N) is 3. The third kappa shape index (κ3) is 4.30. The Morgan fingerprint density at radius 3 is 2.65 bits per heavy atom. The lowest BCUT2D eigenvalue weighted by Crippen LogP contribution is -2.44. The van der Waals surface area contributed by atoms with Crippen molar-refractivity contribution in [2.45, 2.75) is 38.6 Å². The fourth-order valence-corrected chi connectivity index (χ4v) is 5.35. The lowest BCUT2D eigenvalue weighted by atomic mass is 9.99. The minimum atomic E-state index is -0.863. The number of anilines is 1. The van der Waals surface area contributed by atoms with Crippen molar-refractivity contribution in [1.82, 2.24) is 14.5 Å². The first-order valence-corrected chi connectivity index (χ1v) is 12.4. The van der Waals surface area contributed by atoms with Crippen LogP contribution < -0.4 is 4.90 Å². The van der Waals surface area contributed by atoms with Crippen molar-refractivity contribution >= 4 is 33.5 Å². The van der Waals surface area contributed by atoms with Crippen LogP contribution in [-0.2, 0) is 6.42 Å². The molecule has 1 aliphatic heterocycles. The summed E-state index contributed by atoms with van der Waals surface area (Å²) in [6.45, 7) is 6.25. The van der Waals surface area contributed by atoms with Gasteiger partial charge >= 0.3 is 5.97 Å². The highest BCUT2D eigenvalue weighted by Crippen LogP contribution is 2.34. The van der Waals surface area contributed by atoms with Gasteiger partial charge in [-0.15, -0.1) is 0 Å². The Morgan fingerprint density at radius 1 is 1.09 bits per heavy atom. The molecule has 6 nitrogen and oxygen atoms in total. The second kappa shape index (κ2) is 9.55. The van der Waals surface area contributed by atoms with Crippen LogP contribution in [-0.4, -0.2) is 58.8 Å². The molecule has 178 valence electrons. The monoisotopic (exact) mass is 458 g/mol. The molecule has 1 atom stereocenters. The third-order valence-corrected chi connectivity index (χ3v) is 7.30. The number of nitrogens with one attached hydrogen (secondary N) is 1. The Kier molecular flexibility index (Phi) is 6.33. The van der Waals surface area contributed by atoms with E-state index in [0.29, 0.717) is 5.69 Å². The number of aromatic amines is 1. The van der Waals surface area contributed by atoms with Crippen LogP contribution in [0.4, 0.5) is 5.69 Å². The van der Waals surface area contributed by atoms with Gasteiger partial charge in [0.25, 0.3) is 0 Å². The molecule has 0 aliphatic carbocycles. The van der Waals surface area contributed by atoms with E-state index in [1.54, 1.807) is 0 Å². The smallest absolute Gasteiger partial charge is 0.352 e. The Hall–Kier alpha value is -3.25. The summed E-state index contributed by atoms with van der Waals surface area (Å²) in [6.07, 6.45) is 5.97. The summed E-state index contributed by atoms with van der Waals surface area (Å²) < 4.78 is 2.11. The molecule has 2 N–H and O–H groups in total. The molecule has 2 aromatic carbocycles. The minimum absolute atomic E-state index is 0.0745. The summed E-state index contributed by atoms with van der Waals surface area (Å²) in [5.74, 6) is -0.863. The van der Waals surface area contributed by atoms with E-state index in [4.69, 9.17) is 0 Å². The molecule has 0 amide bonds. The van der Waals surface area contributed by atoms with E-state index in [-0.39, 0.29) is 6.04 Å². The van der Waals surface area contributed by atoms with Gasteiger partial charge in [0, 0.05) is 60.4 Å². The van der Waals surface area contributed by atoms with E-state index >= 15 is 0 Å². The van der Waals surface area contributed by atoms with E-state index in [1.807, 2.05) is 12.1 Å². The Morgan fingerprint density at radius 2 is 1.88 bits per heavy atom. The van der Waals surface area contributed by atoms with Gasteiger partial charge in [-0.2, -0.15) is 0 Å². The van der Waals surface area contributed by atoms with Crippen molar-refractivity contribution in [3.05, 3.63) is 66.0 Å². The third-order valence-electron chi connectivity index (χ3n) is 7.30. The molecule has 0 spiro atoms. The number of benzene rings is 2. The number of carbonyl (C=O) groups is 1. The van der Waals surface area contributed by atoms with Crippen molar-refractivity contribution < 1.29 is 9.90 Å². The van der Waals surface area contributed by atoms with E-state index in [9.17, 15) is 9.90 Å². The number of aromatic carboxylic acids is 1. The van der Waals surface area contributed by atoms with E-state index in [1.165, 1.54) is 16.6 Å². The highest BCUT2D eigenvalue weighted by atomic mass is 16.4. The minimum Gasteiger partial charge on any atom is -0.477 e. The highest BCUT2D eigenvalue weighted by molar-refractivity contribution is 5.96. The van der Waals surface area contributed by atoms with E-state index < -0.39 is 5.97 Å². The van der Waals surface area contributed by atoms with Gasteiger partial charge in [-0.05, 0) is 49.7 Å². The van der Waals surface area contributed by atoms with Gasteiger partial charge in [0.1, 0.15) is 5.69 Å². The lowest BCUT2D eigenvalue weighted by molar-refractivity contribution is 0.0682. The number of carboxylic acids is 1. The second-order valence-corrected chi connectivity index (χ2v) is 9.60. The molecule has 4 aromatic rings. The normalized spacial score (nSPS) is 15.9. The average Bonchev–Trinajstić information content (AvgIpc) is 3.43. The molecule has 1 fully saturated rings. The molecule has 3 heterocycles. The zero-order valence-electron chi connectivity index (χ0n) is 20.1. The second-order valence-electron chi connectivity index (χ2n) is 9.60. The van der Waals surface area contributed by atoms with Gasteiger partial charge in [-0.25, -0.2) is 4.79 Å². The van der Waals surface area contributed by atoms with Crippen LogP contribution in [0.3, 0.4) is 0 Å². The molecule has 0 saturated carbocycles. The number of hydrogen-bond donors (Lipinski definition) is 2. The van der Waals surface area contributed by atoms with Gasteiger partial charge in [0.05, 0.1) is 5.52 Å². The van der Waals surface area contributed by atoms with Crippen LogP contribution in [0.5, 0.6) is 0 Å². The van der Waals surface area contributed by atoms with Gasteiger partial charge in [-0.3, -0.25) is 0 Å². The quantitative estimate of drug-likeness (QED) is 0.364. The summed E-state index contributed by atoms with van der Waals surface area (Å²) in [4.78, 5) is 20.5. The number of aromatic nitrogens is 2. The van der Waals surface area contributed by atoms with Crippen molar-refractivity contribution in [2.24, 2.45) is 0 Å². The SMILES string of the molecule is CCCCC(Cc1c[nH]c2ccccc12)n1c(C(=O)O)cc2ccc(N3CCN(C)CC3)cc21. The zero-order chi connectivity index (χ0) is 23.7. The lowest BCUT2D eigenvalue weighted by Gasteiger charge is -2.34. The van der Waals surface area contributed by atoms with Gasteiger partial charge in [0.15, 0.2) is 0 Å². The molecule has 6 heteroatoms. The molecule has 5 rings (SSSR count). The molecule has 1 unspecified atom stereocenters. The van der Waals surface area contributed by atoms with Gasteiger partial charge < -0.3 is 24.5 Å². The molecule has 2 aromatic heterocycles. The maximum atomic E-state index is 12.4. The average molecular weight is 459 g/mol. The number of H-pyrrole nitrogens is 1. The number of likely N-dealkylation sites (N-methyl/N-ethyl adjacent to an activating group) is 1. The summed E-state index contributed by atoms with van der Waals surface area (Å²) in [5, 5.41) is 12.4. The largest absolute Gasteiger partial charge is 0.477 e. The van der Waals surface area contributed by atoms with Crippen LogP contribution in [0, 0.1) is 0 Å². The summed E-state index contributed by atoms with van der Waals surface area (Å²) in [6, 6.07) is 16.7. The maximum Gasteiger partial charge on any atom is 0.352 e. The number of carboxylic acid groups (broad SMARTS) is 1. The van der Waals surface area contributed by atoms with Crippen molar-refractivity contribution in [3.8, 4) is 0 Å². The van der Waals surface area contributed by atoms with Crippen LogP contribution in [0.1, 0.15) is 48.3 Å². The highest BCUT2D eigenvalue weighted by Gasteiger charge is 2.24. The molecule has 1 aliphatic rings. The van der Waals surface area contributed by atoms with Gasteiger partial charge in [0.2, 0.25) is 0 Å². The van der Waals surface area contributed by atoms with Crippen LogP contribution in [0.2, 0.25) is 0 Å². The van der Waals surface area contributed by atoms with Gasteiger partial charge in [-0.1, -0.05) is 44.0 Å². The van der Waals surface area contributed by atoms with Crippen LogP contribution in [0.25, 0.3) is 21.8 Å². The van der Waals surface area contributed by atoms with Crippen molar-refractivity contribution in [2.75, 3.05) is 38.1 Å². The van der Waals surface area contributed by atoms with E-state index in [2.05, 4.69) is 75.9 Å². The molecule has 0 radical (unpaired) electrons. The number of hydrogen-bond acceptors (Lipinski definition) is 3. The van der Waals surface area contributed by atoms with Crippen molar-refractivity contribution in [3.63, 3.8) is 0 Å². The molecule has 34 heavy (non-hydrogen) atoms. The maximum absolute atomic E-state index is 12.4. The van der Waals surface area contributed by atoms with Crippen LogP contribution >= 0.6 is 0 Å². The van der Waals surface area contributed by atoms with Crippen molar-refractivity contribution in [1.29, 1.82) is 0 Å². The first-order valence-electron chi connectivity index (χ1n) is 12.4.